The summed E-state index contributed by atoms with van der Waals surface area (Å²) >= 11 is 0. The first-order valence-corrected chi connectivity index (χ1v) is 5.04. The standard InChI is InChI=1S/C11H10N2O5/c1-13-6-4-5(9(14)8(12)10(15)16)2-3-7(6)18-11(13)17/h2-4,8H,12H2,1H3,(H,15,16). The van der Waals surface area contributed by atoms with Crippen LogP contribution in [0, 0.1) is 0 Å². The molecular formula is C11H10N2O5. The minimum Gasteiger partial charge on any atom is -0.480 e. The molecule has 0 bridgehead atoms. The smallest absolute Gasteiger partial charge is 0.419 e. The van der Waals surface area contributed by atoms with E-state index in [1.165, 1.54) is 29.8 Å². The molecule has 1 aromatic heterocycles. The van der Waals surface area contributed by atoms with Gasteiger partial charge >= 0.3 is 11.7 Å². The predicted octanol–water partition coefficient (Wildman–Crippen LogP) is -0.274. The van der Waals surface area contributed by atoms with Gasteiger partial charge in [-0.05, 0) is 18.2 Å². The van der Waals surface area contributed by atoms with E-state index < -0.39 is 23.6 Å². The highest BCUT2D eigenvalue weighted by Gasteiger charge is 2.23. The lowest BCUT2D eigenvalue weighted by Gasteiger charge is -2.05. The van der Waals surface area contributed by atoms with Gasteiger partial charge in [-0.25, -0.2) is 4.79 Å². The lowest BCUT2D eigenvalue weighted by atomic mass is 10.0. The molecule has 1 unspecified atom stereocenters. The molecule has 0 aliphatic heterocycles. The molecule has 2 aromatic rings. The number of carboxylic acid groups (broad SMARTS) is 1. The molecule has 1 aromatic carbocycles. The Balaban J connectivity index is 2.53. The topological polar surface area (TPSA) is 116 Å². The minimum absolute atomic E-state index is 0.119. The number of carboxylic acids is 1. The third-order valence-electron chi connectivity index (χ3n) is 2.62. The number of aryl methyl sites for hydroxylation is 1. The number of benzene rings is 1. The number of fused-ring (bicyclic) bond motifs is 1. The first-order chi connectivity index (χ1) is 8.41. The molecule has 0 fully saturated rings. The lowest BCUT2D eigenvalue weighted by Crippen LogP contribution is -2.38. The highest BCUT2D eigenvalue weighted by Crippen LogP contribution is 2.15. The van der Waals surface area contributed by atoms with Crippen LogP contribution < -0.4 is 11.5 Å². The van der Waals surface area contributed by atoms with E-state index in [1.54, 1.807) is 0 Å². The Kier molecular flexibility index (Phi) is 2.76. The molecule has 7 heteroatoms. The maximum Gasteiger partial charge on any atom is 0.419 e. The molecule has 0 spiro atoms. The zero-order valence-corrected chi connectivity index (χ0v) is 9.41. The third kappa shape index (κ3) is 1.80. The van der Waals surface area contributed by atoms with Crippen molar-refractivity contribution in [3.63, 3.8) is 0 Å². The normalized spacial score (nSPS) is 12.6. The van der Waals surface area contributed by atoms with Gasteiger partial charge in [0, 0.05) is 12.6 Å². The van der Waals surface area contributed by atoms with Crippen LogP contribution in [0.25, 0.3) is 11.1 Å². The highest BCUT2D eigenvalue weighted by molar-refractivity contribution is 6.12. The Morgan fingerprint density at radius 2 is 2.11 bits per heavy atom. The average Bonchev–Trinajstić information content (AvgIpc) is 2.63. The summed E-state index contributed by atoms with van der Waals surface area (Å²) in [6.07, 6.45) is 0. The molecule has 0 aliphatic rings. The summed E-state index contributed by atoms with van der Waals surface area (Å²) in [6, 6.07) is 2.56. The Morgan fingerprint density at radius 3 is 2.72 bits per heavy atom. The van der Waals surface area contributed by atoms with E-state index in [1.807, 2.05) is 0 Å². The average molecular weight is 250 g/mol. The van der Waals surface area contributed by atoms with E-state index in [9.17, 15) is 14.4 Å². The van der Waals surface area contributed by atoms with Gasteiger partial charge in [0.15, 0.2) is 17.4 Å². The number of nitrogens with two attached hydrogens (primary N) is 1. The van der Waals surface area contributed by atoms with Crippen molar-refractivity contribution in [1.82, 2.24) is 4.57 Å². The van der Waals surface area contributed by atoms with Crippen molar-refractivity contribution in [1.29, 1.82) is 0 Å². The summed E-state index contributed by atoms with van der Waals surface area (Å²) in [5.74, 6) is -2.68. The number of hydrogen-bond acceptors (Lipinski definition) is 5. The summed E-state index contributed by atoms with van der Waals surface area (Å²) in [7, 11) is 1.49. The number of rotatable bonds is 3. The van der Waals surface area contributed by atoms with Crippen molar-refractivity contribution in [3.8, 4) is 0 Å². The van der Waals surface area contributed by atoms with Gasteiger partial charge in [0.05, 0.1) is 5.52 Å². The van der Waals surface area contributed by atoms with Crippen molar-refractivity contribution >= 4 is 22.9 Å². The molecule has 0 radical (unpaired) electrons. The van der Waals surface area contributed by atoms with Crippen LogP contribution in [0.5, 0.6) is 0 Å². The van der Waals surface area contributed by atoms with Crippen molar-refractivity contribution in [2.24, 2.45) is 12.8 Å². The summed E-state index contributed by atoms with van der Waals surface area (Å²) < 4.78 is 6.11. The number of aliphatic carboxylic acids is 1. The molecule has 94 valence electrons. The second kappa shape index (κ2) is 4.11. The Hall–Kier alpha value is -2.41. The molecule has 0 aliphatic carbocycles. The van der Waals surface area contributed by atoms with E-state index in [-0.39, 0.29) is 5.56 Å². The summed E-state index contributed by atoms with van der Waals surface area (Å²) in [5, 5.41) is 8.67. The zero-order chi connectivity index (χ0) is 13.4. The fourth-order valence-electron chi connectivity index (χ4n) is 1.57. The summed E-state index contributed by atoms with van der Waals surface area (Å²) in [4.78, 5) is 33.6. The van der Waals surface area contributed by atoms with Gasteiger partial charge in [-0.15, -0.1) is 0 Å². The van der Waals surface area contributed by atoms with Gasteiger partial charge in [0.25, 0.3) is 0 Å². The Bertz CT molecular complexity index is 697. The quantitative estimate of drug-likeness (QED) is 0.572. The molecule has 0 amide bonds. The largest absolute Gasteiger partial charge is 0.480 e. The van der Waals surface area contributed by atoms with Crippen LogP contribution in [-0.4, -0.2) is 27.5 Å². The van der Waals surface area contributed by atoms with Crippen LogP contribution in [0.1, 0.15) is 10.4 Å². The Morgan fingerprint density at radius 1 is 1.44 bits per heavy atom. The molecule has 2 rings (SSSR count). The van der Waals surface area contributed by atoms with Crippen LogP contribution in [0.15, 0.2) is 27.4 Å². The van der Waals surface area contributed by atoms with Gasteiger partial charge in [-0.1, -0.05) is 0 Å². The van der Waals surface area contributed by atoms with Gasteiger partial charge in [0.1, 0.15) is 0 Å². The van der Waals surface area contributed by atoms with E-state index in [4.69, 9.17) is 15.3 Å². The molecule has 18 heavy (non-hydrogen) atoms. The van der Waals surface area contributed by atoms with E-state index in [0.717, 1.165) is 0 Å². The number of nitrogens with zero attached hydrogens (tertiary/aromatic N) is 1. The lowest BCUT2D eigenvalue weighted by molar-refractivity contribution is -0.137. The van der Waals surface area contributed by atoms with Crippen LogP contribution in [-0.2, 0) is 11.8 Å². The van der Waals surface area contributed by atoms with Gasteiger partial charge < -0.3 is 15.3 Å². The zero-order valence-electron chi connectivity index (χ0n) is 9.41. The second-order valence-corrected chi connectivity index (χ2v) is 3.79. The van der Waals surface area contributed by atoms with Crippen LogP contribution in [0.3, 0.4) is 0 Å². The van der Waals surface area contributed by atoms with Gasteiger partial charge in [0.2, 0.25) is 0 Å². The van der Waals surface area contributed by atoms with E-state index >= 15 is 0 Å². The number of carbonyl (C=O) groups excluding carboxylic acids is 1. The minimum atomic E-state index is -1.62. The fraction of sp³-hybridized carbons (Fsp3) is 0.182. The monoisotopic (exact) mass is 250 g/mol. The molecule has 0 saturated heterocycles. The first-order valence-electron chi connectivity index (χ1n) is 5.04. The molecule has 1 atom stereocenters. The first kappa shape index (κ1) is 12.1. The second-order valence-electron chi connectivity index (χ2n) is 3.79. The SMILES string of the molecule is Cn1c(=O)oc2ccc(C(=O)C(N)C(=O)O)cc21. The van der Waals surface area contributed by atoms with Crippen molar-refractivity contribution in [2.45, 2.75) is 6.04 Å². The molecule has 3 N–H and O–H groups in total. The molecular weight excluding hydrogens is 240 g/mol. The Labute approximate surface area is 100 Å². The maximum absolute atomic E-state index is 11.7. The summed E-state index contributed by atoms with van der Waals surface area (Å²) in [5.41, 5.74) is 6.09. The van der Waals surface area contributed by atoms with Crippen molar-refractivity contribution in [3.05, 3.63) is 34.3 Å². The van der Waals surface area contributed by atoms with Crippen LogP contribution >= 0.6 is 0 Å². The van der Waals surface area contributed by atoms with Gasteiger partial charge in [-0.2, -0.15) is 0 Å². The number of Topliss-reactive ketones (excluding diaryl/α,β-unsaturated/α-hetero) is 1. The van der Waals surface area contributed by atoms with Crippen molar-refractivity contribution in [2.75, 3.05) is 0 Å². The predicted molar refractivity (Wildman–Crippen MR) is 61.4 cm³/mol. The van der Waals surface area contributed by atoms with Crippen LogP contribution in [0.4, 0.5) is 0 Å². The number of ketones is 1. The van der Waals surface area contributed by atoms with Crippen molar-refractivity contribution < 1.29 is 19.1 Å². The molecule has 1 heterocycles. The summed E-state index contributed by atoms with van der Waals surface area (Å²) in [6.45, 7) is 0. The number of hydrogen-bond donors (Lipinski definition) is 2. The van der Waals surface area contributed by atoms with E-state index in [0.29, 0.717) is 11.1 Å². The maximum atomic E-state index is 11.7. The number of oxazole rings is 1. The fourth-order valence-corrected chi connectivity index (χ4v) is 1.57. The number of carbonyl (C=O) groups is 2. The van der Waals surface area contributed by atoms with E-state index in [2.05, 4.69) is 0 Å². The van der Waals surface area contributed by atoms with Gasteiger partial charge in [-0.3, -0.25) is 14.2 Å². The molecule has 0 saturated carbocycles. The molecule has 7 nitrogen and oxygen atoms in total. The highest BCUT2D eigenvalue weighted by atomic mass is 16.4. The van der Waals surface area contributed by atoms with Crippen LogP contribution in [0.2, 0.25) is 0 Å². The third-order valence-corrected chi connectivity index (χ3v) is 2.62. The number of aromatic nitrogens is 1.